The molecule has 0 aliphatic rings. The lowest BCUT2D eigenvalue weighted by Crippen LogP contribution is -2.37. The van der Waals surface area contributed by atoms with E-state index in [2.05, 4.69) is 32.7 Å². The van der Waals surface area contributed by atoms with Crippen molar-refractivity contribution in [2.45, 2.75) is 13.0 Å². The number of nitro groups is 1. The Kier molecular flexibility index (Phi) is 7.59. The minimum atomic E-state index is -0.371. The summed E-state index contributed by atoms with van der Waals surface area (Å²) in [5, 5.41) is 18.7. The summed E-state index contributed by atoms with van der Waals surface area (Å²) in [6.07, 6.45) is 2.87. The van der Waals surface area contributed by atoms with Crippen molar-refractivity contribution in [1.82, 2.24) is 15.6 Å². The summed E-state index contributed by atoms with van der Waals surface area (Å²) in [5.74, 6) is 0.614. The number of halogens is 1. The van der Waals surface area contributed by atoms with E-state index in [0.29, 0.717) is 24.6 Å². The molecule has 8 heteroatoms. The van der Waals surface area contributed by atoms with Crippen molar-refractivity contribution in [3.8, 4) is 0 Å². The summed E-state index contributed by atoms with van der Waals surface area (Å²) in [6.45, 7) is 1.04. The first-order valence-electron chi connectivity index (χ1n) is 8.41. The van der Waals surface area contributed by atoms with Crippen molar-refractivity contribution in [2.24, 2.45) is 4.99 Å². The molecule has 0 aliphatic carbocycles. The predicted octanol–water partition coefficient (Wildman–Crippen LogP) is 3.60. The second-order valence-corrected chi connectivity index (χ2v) is 5.85. The number of para-hydroxylation sites is 2. The molecule has 0 amide bonds. The van der Waals surface area contributed by atoms with E-state index in [1.807, 2.05) is 18.3 Å². The van der Waals surface area contributed by atoms with Gasteiger partial charge in [0.15, 0.2) is 5.96 Å². The highest BCUT2D eigenvalue weighted by molar-refractivity contribution is 14.0. The van der Waals surface area contributed by atoms with Gasteiger partial charge in [-0.25, -0.2) is 0 Å². The van der Waals surface area contributed by atoms with Gasteiger partial charge in [0.1, 0.15) is 0 Å². The number of H-pyrrole nitrogens is 1. The monoisotopic (exact) mass is 479 g/mol. The van der Waals surface area contributed by atoms with E-state index in [0.717, 1.165) is 11.9 Å². The number of guanidine groups is 1. The topological polar surface area (TPSA) is 95.3 Å². The summed E-state index contributed by atoms with van der Waals surface area (Å²) in [4.78, 5) is 18.1. The lowest BCUT2D eigenvalue weighted by molar-refractivity contribution is -0.385. The average molecular weight is 479 g/mol. The number of fused-ring (bicyclic) bond motifs is 1. The fourth-order valence-electron chi connectivity index (χ4n) is 2.89. The van der Waals surface area contributed by atoms with Gasteiger partial charge in [0.2, 0.25) is 0 Å². The Bertz CT molecular complexity index is 939. The highest BCUT2D eigenvalue weighted by Gasteiger charge is 2.12. The van der Waals surface area contributed by atoms with E-state index in [-0.39, 0.29) is 34.6 Å². The van der Waals surface area contributed by atoms with Gasteiger partial charge >= 0.3 is 0 Å². The first-order chi connectivity index (χ1) is 12.7. The summed E-state index contributed by atoms with van der Waals surface area (Å²) in [5.41, 5.74) is 3.09. The molecule has 142 valence electrons. The minimum Gasteiger partial charge on any atom is -0.361 e. The molecule has 0 spiro atoms. The summed E-state index contributed by atoms with van der Waals surface area (Å²) >= 11 is 0. The zero-order valence-electron chi connectivity index (χ0n) is 14.9. The van der Waals surface area contributed by atoms with Gasteiger partial charge in [0, 0.05) is 48.9 Å². The van der Waals surface area contributed by atoms with E-state index < -0.39 is 0 Å². The highest BCUT2D eigenvalue weighted by atomic mass is 127. The molecule has 1 aromatic heterocycles. The lowest BCUT2D eigenvalue weighted by Gasteiger charge is -2.12. The maximum absolute atomic E-state index is 11.1. The van der Waals surface area contributed by atoms with Crippen molar-refractivity contribution in [1.29, 1.82) is 0 Å². The van der Waals surface area contributed by atoms with Crippen LogP contribution >= 0.6 is 24.0 Å². The van der Waals surface area contributed by atoms with Crippen LogP contribution in [0.1, 0.15) is 11.1 Å². The Hall–Kier alpha value is -2.62. The van der Waals surface area contributed by atoms with Gasteiger partial charge in [-0.05, 0) is 18.1 Å². The summed E-state index contributed by atoms with van der Waals surface area (Å²) in [7, 11) is 1.68. The number of hydrogen-bond donors (Lipinski definition) is 3. The zero-order chi connectivity index (χ0) is 18.4. The van der Waals surface area contributed by atoms with Crippen LogP contribution < -0.4 is 10.6 Å². The normalized spacial score (nSPS) is 11.1. The Balaban J connectivity index is 0.00000261. The molecule has 0 saturated carbocycles. The number of hydrogen-bond acceptors (Lipinski definition) is 3. The van der Waals surface area contributed by atoms with Gasteiger partial charge in [-0.3, -0.25) is 15.1 Å². The smallest absolute Gasteiger partial charge is 0.274 e. The molecule has 27 heavy (non-hydrogen) atoms. The molecule has 7 nitrogen and oxygen atoms in total. The molecule has 3 N–H and O–H groups in total. The number of aromatic amines is 1. The first-order valence-corrected chi connectivity index (χ1v) is 8.41. The third-order valence-corrected chi connectivity index (χ3v) is 4.22. The van der Waals surface area contributed by atoms with Gasteiger partial charge in [0.05, 0.1) is 4.92 Å². The molecule has 0 aliphatic heterocycles. The zero-order valence-corrected chi connectivity index (χ0v) is 17.3. The molecule has 3 rings (SSSR count). The molecule has 0 bridgehead atoms. The van der Waals surface area contributed by atoms with E-state index in [1.165, 1.54) is 17.0 Å². The minimum absolute atomic E-state index is 0. The van der Waals surface area contributed by atoms with E-state index in [4.69, 9.17) is 0 Å². The molecule has 0 radical (unpaired) electrons. The van der Waals surface area contributed by atoms with E-state index in [9.17, 15) is 10.1 Å². The number of nitrogens with zero attached hydrogens (tertiary/aromatic N) is 2. The number of nitrogens with one attached hydrogen (secondary N) is 3. The quantitative estimate of drug-likeness (QED) is 0.166. The van der Waals surface area contributed by atoms with Crippen molar-refractivity contribution in [3.63, 3.8) is 0 Å². The van der Waals surface area contributed by atoms with Crippen LogP contribution in [0.5, 0.6) is 0 Å². The molecule has 0 unspecified atom stereocenters. The molecule has 0 saturated heterocycles. The fourth-order valence-corrected chi connectivity index (χ4v) is 2.89. The van der Waals surface area contributed by atoms with Crippen LogP contribution in [-0.2, 0) is 13.0 Å². The molecule has 0 fully saturated rings. The maximum Gasteiger partial charge on any atom is 0.274 e. The second-order valence-electron chi connectivity index (χ2n) is 5.85. The van der Waals surface area contributed by atoms with E-state index >= 15 is 0 Å². The molecule has 0 atom stereocenters. The van der Waals surface area contributed by atoms with Crippen LogP contribution in [0.3, 0.4) is 0 Å². The average Bonchev–Trinajstić information content (AvgIpc) is 3.08. The number of nitro benzene ring substituents is 1. The number of aromatic nitrogens is 1. The second kappa shape index (κ2) is 9.91. The SMILES string of the molecule is CN=C(NCCc1c[nH]c2ccccc12)NCc1ccccc1[N+](=O)[O-].I. The van der Waals surface area contributed by atoms with E-state index in [1.54, 1.807) is 25.2 Å². The number of rotatable bonds is 6. The highest BCUT2D eigenvalue weighted by Crippen LogP contribution is 2.18. The van der Waals surface area contributed by atoms with Crippen molar-refractivity contribution in [2.75, 3.05) is 13.6 Å². The predicted molar refractivity (Wildman–Crippen MR) is 119 cm³/mol. The van der Waals surface area contributed by atoms with Gasteiger partial charge in [-0.2, -0.15) is 0 Å². The first kappa shape index (κ1) is 20.7. The van der Waals surface area contributed by atoms with Crippen molar-refractivity contribution in [3.05, 3.63) is 76.0 Å². The van der Waals surface area contributed by atoms with Crippen LogP contribution in [0.15, 0.2) is 59.7 Å². The third kappa shape index (κ3) is 5.19. The largest absolute Gasteiger partial charge is 0.361 e. The van der Waals surface area contributed by atoms with Crippen LogP contribution in [-0.4, -0.2) is 29.5 Å². The third-order valence-electron chi connectivity index (χ3n) is 4.22. The molecule has 2 aromatic carbocycles. The van der Waals surface area contributed by atoms with Crippen LogP contribution in [0.25, 0.3) is 10.9 Å². The van der Waals surface area contributed by atoms with Crippen molar-refractivity contribution < 1.29 is 4.92 Å². The lowest BCUT2D eigenvalue weighted by atomic mass is 10.1. The fraction of sp³-hybridized carbons (Fsp3) is 0.211. The Morgan fingerprint density at radius 3 is 2.63 bits per heavy atom. The van der Waals surface area contributed by atoms with Gasteiger partial charge < -0.3 is 15.6 Å². The van der Waals surface area contributed by atoms with Gasteiger partial charge in [-0.15, -0.1) is 24.0 Å². The molecular formula is C19H22IN5O2. The van der Waals surface area contributed by atoms with Gasteiger partial charge in [-0.1, -0.05) is 36.4 Å². The standard InChI is InChI=1S/C19H21N5O2.HI/c1-20-19(23-13-15-6-2-5-9-18(15)24(25)26)21-11-10-14-12-22-17-8-4-3-7-16(14)17;/h2-9,12,22H,10-11,13H2,1H3,(H2,20,21,23);1H. The summed E-state index contributed by atoms with van der Waals surface area (Å²) in [6, 6.07) is 14.9. The summed E-state index contributed by atoms with van der Waals surface area (Å²) < 4.78 is 0. The Labute approximate surface area is 174 Å². The number of benzene rings is 2. The Morgan fingerprint density at radius 1 is 1.11 bits per heavy atom. The molecule has 1 heterocycles. The molecule has 3 aromatic rings. The van der Waals surface area contributed by atoms with Gasteiger partial charge in [0.25, 0.3) is 5.69 Å². The Morgan fingerprint density at radius 2 is 1.85 bits per heavy atom. The van der Waals surface area contributed by atoms with Crippen LogP contribution in [0.2, 0.25) is 0 Å². The molecular weight excluding hydrogens is 457 g/mol. The number of aliphatic imine (C=N–C) groups is 1. The maximum atomic E-state index is 11.1. The van der Waals surface area contributed by atoms with Crippen LogP contribution in [0, 0.1) is 10.1 Å². The van der Waals surface area contributed by atoms with Crippen LogP contribution in [0.4, 0.5) is 5.69 Å². The van der Waals surface area contributed by atoms with Crippen molar-refractivity contribution >= 4 is 46.5 Å².